The maximum Gasteiger partial charge on any atom is 0.321 e. The Balaban J connectivity index is 1.54. The summed E-state index contributed by atoms with van der Waals surface area (Å²) in [6.07, 6.45) is 5.48. The van der Waals surface area contributed by atoms with E-state index in [0.29, 0.717) is 30.0 Å². The second-order valence-electron chi connectivity index (χ2n) is 8.09. The van der Waals surface area contributed by atoms with Gasteiger partial charge in [0.2, 0.25) is 6.41 Å². The van der Waals surface area contributed by atoms with Gasteiger partial charge in [-0.05, 0) is 34.9 Å². The number of amides is 4. The normalized spacial score (nSPS) is 13.1. The Morgan fingerprint density at radius 3 is 2.66 bits per heavy atom. The van der Waals surface area contributed by atoms with Crippen LogP contribution in [-0.4, -0.2) is 39.6 Å². The number of benzene rings is 2. The Bertz CT molecular complexity index is 1300. The molecule has 35 heavy (non-hydrogen) atoms. The van der Waals surface area contributed by atoms with E-state index in [9.17, 15) is 14.4 Å². The first-order valence-corrected chi connectivity index (χ1v) is 10.9. The van der Waals surface area contributed by atoms with Gasteiger partial charge < -0.3 is 15.0 Å². The SMILES string of the molecule is C=CC(=C)Oc1ccc2c(c1)C(=O)N(C[C@H](NC(=O)NC=O)c1ccc(-c3cnn(C)c3)cc1)C2. The van der Waals surface area contributed by atoms with Gasteiger partial charge >= 0.3 is 6.03 Å². The maximum absolute atomic E-state index is 13.2. The molecule has 178 valence electrons. The van der Waals surface area contributed by atoms with E-state index in [0.717, 1.165) is 22.3 Å². The molecule has 0 saturated carbocycles. The van der Waals surface area contributed by atoms with Gasteiger partial charge in [0, 0.05) is 37.5 Å². The summed E-state index contributed by atoms with van der Waals surface area (Å²) in [5.41, 5.74) is 4.10. The van der Waals surface area contributed by atoms with E-state index >= 15 is 0 Å². The van der Waals surface area contributed by atoms with E-state index in [2.05, 4.69) is 28.9 Å². The molecule has 0 aliphatic carbocycles. The molecule has 3 aromatic rings. The Labute approximate surface area is 202 Å². The van der Waals surface area contributed by atoms with Crippen LogP contribution in [0.1, 0.15) is 27.5 Å². The van der Waals surface area contributed by atoms with Crippen LogP contribution in [0.25, 0.3) is 11.1 Å². The van der Waals surface area contributed by atoms with Crippen molar-refractivity contribution in [1.82, 2.24) is 25.3 Å². The highest BCUT2D eigenvalue weighted by atomic mass is 16.5. The number of nitrogens with one attached hydrogen (secondary N) is 2. The van der Waals surface area contributed by atoms with Crippen molar-refractivity contribution in [2.24, 2.45) is 7.05 Å². The Kier molecular flexibility index (Phi) is 6.77. The number of carbonyl (C=O) groups excluding carboxylic acids is 3. The zero-order chi connectivity index (χ0) is 24.9. The van der Waals surface area contributed by atoms with Crippen LogP contribution in [-0.2, 0) is 18.4 Å². The maximum atomic E-state index is 13.2. The van der Waals surface area contributed by atoms with Crippen molar-refractivity contribution >= 4 is 18.3 Å². The molecule has 2 heterocycles. The molecule has 1 aliphatic heterocycles. The summed E-state index contributed by atoms with van der Waals surface area (Å²) in [6.45, 7) is 7.94. The number of ether oxygens (including phenoxy) is 1. The number of imide groups is 1. The number of hydrogen-bond acceptors (Lipinski definition) is 5. The number of allylic oxidation sites excluding steroid dienone is 1. The predicted molar refractivity (Wildman–Crippen MR) is 130 cm³/mol. The zero-order valence-electron chi connectivity index (χ0n) is 19.2. The van der Waals surface area contributed by atoms with Crippen LogP contribution >= 0.6 is 0 Å². The van der Waals surface area contributed by atoms with Crippen molar-refractivity contribution in [3.05, 3.63) is 96.5 Å². The largest absolute Gasteiger partial charge is 0.458 e. The molecule has 9 heteroatoms. The minimum Gasteiger partial charge on any atom is -0.458 e. The molecule has 2 N–H and O–H groups in total. The molecule has 9 nitrogen and oxygen atoms in total. The van der Waals surface area contributed by atoms with Gasteiger partial charge in [-0.3, -0.25) is 19.6 Å². The van der Waals surface area contributed by atoms with Gasteiger partial charge in [0.1, 0.15) is 11.5 Å². The summed E-state index contributed by atoms with van der Waals surface area (Å²) in [7, 11) is 1.85. The lowest BCUT2D eigenvalue weighted by Crippen LogP contribution is -2.42. The third-order valence-corrected chi connectivity index (χ3v) is 5.69. The van der Waals surface area contributed by atoms with Crippen molar-refractivity contribution in [3.8, 4) is 16.9 Å². The first-order chi connectivity index (χ1) is 16.9. The van der Waals surface area contributed by atoms with Crippen molar-refractivity contribution in [1.29, 1.82) is 0 Å². The number of urea groups is 1. The number of fused-ring (bicyclic) bond motifs is 1. The van der Waals surface area contributed by atoms with Crippen molar-refractivity contribution in [2.75, 3.05) is 6.54 Å². The monoisotopic (exact) mass is 471 g/mol. The minimum atomic E-state index is -0.649. The van der Waals surface area contributed by atoms with Crippen LogP contribution in [0.15, 0.2) is 79.9 Å². The van der Waals surface area contributed by atoms with Gasteiger partial charge in [0.15, 0.2) is 0 Å². The summed E-state index contributed by atoms with van der Waals surface area (Å²) in [5.74, 6) is 0.701. The smallest absolute Gasteiger partial charge is 0.321 e. The molecule has 0 radical (unpaired) electrons. The number of nitrogens with zero attached hydrogens (tertiary/aromatic N) is 3. The fourth-order valence-electron chi connectivity index (χ4n) is 3.93. The van der Waals surface area contributed by atoms with Crippen molar-refractivity contribution < 1.29 is 19.1 Å². The minimum absolute atomic E-state index is 0.177. The first-order valence-electron chi connectivity index (χ1n) is 10.9. The van der Waals surface area contributed by atoms with Crippen LogP contribution in [0, 0.1) is 0 Å². The van der Waals surface area contributed by atoms with Crippen LogP contribution in [0.2, 0.25) is 0 Å². The zero-order valence-corrected chi connectivity index (χ0v) is 19.2. The Morgan fingerprint density at radius 2 is 2.00 bits per heavy atom. The lowest BCUT2D eigenvalue weighted by atomic mass is 10.0. The fourth-order valence-corrected chi connectivity index (χ4v) is 3.93. The molecule has 4 amide bonds. The van der Waals surface area contributed by atoms with E-state index in [1.807, 2.05) is 43.6 Å². The van der Waals surface area contributed by atoms with Crippen molar-refractivity contribution in [3.63, 3.8) is 0 Å². The number of aryl methyl sites for hydroxylation is 1. The molecular formula is C26H25N5O4. The van der Waals surface area contributed by atoms with E-state index < -0.39 is 12.1 Å². The van der Waals surface area contributed by atoms with E-state index in [-0.39, 0.29) is 12.5 Å². The summed E-state index contributed by atoms with van der Waals surface area (Å²) >= 11 is 0. The number of hydrogen-bond donors (Lipinski definition) is 2. The Morgan fingerprint density at radius 1 is 1.23 bits per heavy atom. The number of aromatic nitrogens is 2. The predicted octanol–water partition coefficient (Wildman–Crippen LogP) is 3.32. The quantitative estimate of drug-likeness (QED) is 0.283. The average Bonchev–Trinajstić information content (AvgIpc) is 3.42. The average molecular weight is 472 g/mol. The highest BCUT2D eigenvalue weighted by molar-refractivity contribution is 5.98. The lowest BCUT2D eigenvalue weighted by Gasteiger charge is -2.25. The molecule has 0 spiro atoms. The van der Waals surface area contributed by atoms with Gasteiger partial charge in [-0.25, -0.2) is 4.79 Å². The molecule has 1 aromatic heterocycles. The molecule has 0 bridgehead atoms. The fraction of sp³-hybridized carbons (Fsp3) is 0.154. The third-order valence-electron chi connectivity index (χ3n) is 5.69. The molecule has 2 aromatic carbocycles. The molecule has 0 unspecified atom stereocenters. The van der Waals surface area contributed by atoms with E-state index in [1.165, 1.54) is 6.08 Å². The third kappa shape index (κ3) is 5.30. The number of rotatable bonds is 9. The summed E-state index contributed by atoms with van der Waals surface area (Å²) < 4.78 is 7.28. The summed E-state index contributed by atoms with van der Waals surface area (Å²) in [6, 6.07) is 11.7. The van der Waals surface area contributed by atoms with Crippen LogP contribution in [0.3, 0.4) is 0 Å². The number of carbonyl (C=O) groups is 3. The van der Waals surface area contributed by atoms with Crippen molar-refractivity contribution in [2.45, 2.75) is 12.6 Å². The Hall–Kier alpha value is -4.66. The second kappa shape index (κ2) is 10.1. The highest BCUT2D eigenvalue weighted by Gasteiger charge is 2.30. The second-order valence-corrected chi connectivity index (χ2v) is 8.09. The topological polar surface area (TPSA) is 106 Å². The highest BCUT2D eigenvalue weighted by Crippen LogP contribution is 2.30. The molecular weight excluding hydrogens is 446 g/mol. The summed E-state index contributed by atoms with van der Waals surface area (Å²) in [5, 5.41) is 9.06. The molecule has 0 fully saturated rings. The molecule has 1 atom stereocenters. The van der Waals surface area contributed by atoms with Crippen LogP contribution in [0.5, 0.6) is 5.75 Å². The van der Waals surface area contributed by atoms with Gasteiger partial charge in [0.25, 0.3) is 5.91 Å². The van der Waals surface area contributed by atoms with Crippen LogP contribution in [0.4, 0.5) is 4.79 Å². The van der Waals surface area contributed by atoms with Gasteiger partial charge in [-0.2, -0.15) is 5.10 Å². The van der Waals surface area contributed by atoms with Crippen LogP contribution < -0.4 is 15.4 Å². The molecule has 0 saturated heterocycles. The van der Waals surface area contributed by atoms with Gasteiger partial charge in [-0.15, -0.1) is 0 Å². The van der Waals surface area contributed by atoms with E-state index in [1.54, 1.807) is 27.9 Å². The molecule has 1 aliphatic rings. The lowest BCUT2D eigenvalue weighted by molar-refractivity contribution is -0.108. The van der Waals surface area contributed by atoms with Gasteiger partial charge in [0.05, 0.1) is 12.2 Å². The standard InChI is InChI=1S/C26H25N5O4/c1-4-17(2)35-22-10-9-20-14-31(25(33)23(20)11-22)15-24(29-26(34)27-16-32)19-7-5-18(6-8-19)21-12-28-30(3)13-21/h4-13,16,24H,1-2,14-15H2,3H3,(H2,27,29,32,34)/t24-/m0/s1. The summed E-state index contributed by atoms with van der Waals surface area (Å²) in [4.78, 5) is 37.7. The molecule has 4 rings (SSSR count). The first kappa shape index (κ1) is 23.5. The van der Waals surface area contributed by atoms with Gasteiger partial charge in [-0.1, -0.05) is 43.5 Å². The van der Waals surface area contributed by atoms with E-state index in [4.69, 9.17) is 4.74 Å².